The predicted octanol–water partition coefficient (Wildman–Crippen LogP) is 3.70. The third kappa shape index (κ3) is 7.74. The van der Waals surface area contributed by atoms with Gasteiger partial charge in [-0.1, -0.05) is 23.7 Å². The molecule has 0 saturated carbocycles. The molecule has 0 heterocycles. The van der Waals surface area contributed by atoms with Crippen LogP contribution in [0.25, 0.3) is 0 Å². The van der Waals surface area contributed by atoms with E-state index in [9.17, 15) is 4.79 Å². The molecule has 2 amide bonds. The first kappa shape index (κ1) is 20.0. The minimum Gasteiger partial charge on any atom is -0.492 e. The van der Waals surface area contributed by atoms with Crippen LogP contribution in [0, 0.1) is 0 Å². The third-order valence-electron chi connectivity index (χ3n) is 3.36. The molecule has 0 bridgehead atoms. The summed E-state index contributed by atoms with van der Waals surface area (Å²) in [5, 5.41) is 6.18. The zero-order valence-electron chi connectivity index (χ0n) is 14.7. The van der Waals surface area contributed by atoms with Crippen molar-refractivity contribution in [2.24, 2.45) is 0 Å². The standard InChI is InChI=1S/C19H23ClN2O4/c1-24-11-12-25-14-15-3-2-4-17(13-15)22-19(23)21-9-10-26-18-7-5-16(20)6-8-18/h2-8,13H,9-12,14H2,1H3,(H2,21,22,23). The number of hydrogen-bond donors (Lipinski definition) is 2. The Balaban J connectivity index is 1.67. The van der Waals surface area contributed by atoms with Crippen LogP contribution >= 0.6 is 11.6 Å². The molecular weight excluding hydrogens is 356 g/mol. The van der Waals surface area contributed by atoms with Gasteiger partial charge >= 0.3 is 6.03 Å². The summed E-state index contributed by atoms with van der Waals surface area (Å²) in [6.07, 6.45) is 0. The topological polar surface area (TPSA) is 68.8 Å². The van der Waals surface area contributed by atoms with Gasteiger partial charge in [-0.2, -0.15) is 0 Å². The minimum absolute atomic E-state index is 0.290. The van der Waals surface area contributed by atoms with E-state index in [0.717, 1.165) is 5.56 Å². The number of halogens is 1. The van der Waals surface area contributed by atoms with Gasteiger partial charge in [-0.25, -0.2) is 4.79 Å². The number of ether oxygens (including phenoxy) is 3. The van der Waals surface area contributed by atoms with Crippen LogP contribution in [0.5, 0.6) is 5.75 Å². The number of anilines is 1. The molecule has 2 rings (SSSR count). The monoisotopic (exact) mass is 378 g/mol. The van der Waals surface area contributed by atoms with Crippen LogP contribution in [0.1, 0.15) is 5.56 Å². The van der Waals surface area contributed by atoms with Gasteiger partial charge in [0, 0.05) is 17.8 Å². The highest BCUT2D eigenvalue weighted by Gasteiger charge is 2.03. The van der Waals surface area contributed by atoms with Crippen LogP contribution in [0.2, 0.25) is 5.02 Å². The van der Waals surface area contributed by atoms with Crippen molar-refractivity contribution in [3.63, 3.8) is 0 Å². The molecule has 2 aromatic carbocycles. The fourth-order valence-electron chi connectivity index (χ4n) is 2.11. The summed E-state index contributed by atoms with van der Waals surface area (Å²) in [4.78, 5) is 11.9. The van der Waals surface area contributed by atoms with Gasteiger partial charge in [-0.05, 0) is 42.0 Å². The maximum absolute atomic E-state index is 11.9. The quantitative estimate of drug-likeness (QED) is 0.618. The molecule has 0 radical (unpaired) electrons. The average molecular weight is 379 g/mol. The van der Waals surface area contributed by atoms with E-state index in [0.29, 0.717) is 49.4 Å². The van der Waals surface area contributed by atoms with Crippen LogP contribution in [0.4, 0.5) is 10.5 Å². The lowest BCUT2D eigenvalue weighted by Crippen LogP contribution is -2.32. The van der Waals surface area contributed by atoms with E-state index in [1.807, 2.05) is 24.3 Å². The first-order valence-corrected chi connectivity index (χ1v) is 8.64. The van der Waals surface area contributed by atoms with E-state index in [1.54, 1.807) is 31.4 Å². The Morgan fingerprint density at radius 1 is 1.08 bits per heavy atom. The number of carbonyl (C=O) groups is 1. The first-order valence-electron chi connectivity index (χ1n) is 8.26. The summed E-state index contributed by atoms with van der Waals surface area (Å²) in [5.41, 5.74) is 1.68. The number of amides is 2. The van der Waals surface area contributed by atoms with Gasteiger partial charge in [0.25, 0.3) is 0 Å². The molecule has 140 valence electrons. The molecule has 0 aliphatic rings. The van der Waals surface area contributed by atoms with E-state index in [4.69, 9.17) is 25.8 Å². The van der Waals surface area contributed by atoms with Crippen LogP contribution in [0.15, 0.2) is 48.5 Å². The number of benzene rings is 2. The zero-order chi connectivity index (χ0) is 18.6. The number of rotatable bonds is 10. The van der Waals surface area contributed by atoms with E-state index in [2.05, 4.69) is 10.6 Å². The Hall–Kier alpha value is -2.28. The SMILES string of the molecule is COCCOCc1cccc(NC(=O)NCCOc2ccc(Cl)cc2)c1. The Bertz CT molecular complexity index is 679. The summed E-state index contributed by atoms with van der Waals surface area (Å²) in [7, 11) is 1.63. The molecule has 2 aromatic rings. The lowest BCUT2D eigenvalue weighted by Gasteiger charge is -2.10. The Morgan fingerprint density at radius 2 is 1.88 bits per heavy atom. The molecule has 7 heteroatoms. The Labute approximate surface area is 158 Å². The van der Waals surface area contributed by atoms with E-state index in [-0.39, 0.29) is 6.03 Å². The molecular formula is C19H23ClN2O4. The van der Waals surface area contributed by atoms with Crippen molar-refractivity contribution in [1.82, 2.24) is 5.32 Å². The molecule has 0 aliphatic heterocycles. The number of methoxy groups -OCH3 is 1. The molecule has 6 nitrogen and oxygen atoms in total. The fourth-order valence-corrected chi connectivity index (χ4v) is 2.24. The zero-order valence-corrected chi connectivity index (χ0v) is 15.4. The first-order chi connectivity index (χ1) is 12.7. The smallest absolute Gasteiger partial charge is 0.319 e. The third-order valence-corrected chi connectivity index (χ3v) is 3.61. The van der Waals surface area contributed by atoms with Crippen LogP contribution in [-0.4, -0.2) is 39.5 Å². The van der Waals surface area contributed by atoms with Crippen molar-refractivity contribution in [2.45, 2.75) is 6.61 Å². The van der Waals surface area contributed by atoms with Crippen molar-refractivity contribution in [1.29, 1.82) is 0 Å². The van der Waals surface area contributed by atoms with Crippen LogP contribution in [-0.2, 0) is 16.1 Å². The van der Waals surface area contributed by atoms with Crippen LogP contribution < -0.4 is 15.4 Å². The molecule has 0 atom stereocenters. The van der Waals surface area contributed by atoms with Gasteiger partial charge in [0.05, 0.1) is 26.4 Å². The highest BCUT2D eigenvalue weighted by Crippen LogP contribution is 2.15. The summed E-state index contributed by atoms with van der Waals surface area (Å²) in [5.74, 6) is 0.706. The van der Waals surface area contributed by atoms with Gasteiger partial charge in [0.15, 0.2) is 0 Å². The molecule has 0 aromatic heterocycles. The number of hydrogen-bond acceptors (Lipinski definition) is 4. The highest BCUT2D eigenvalue weighted by molar-refractivity contribution is 6.30. The van der Waals surface area contributed by atoms with E-state index >= 15 is 0 Å². The summed E-state index contributed by atoms with van der Waals surface area (Å²) >= 11 is 5.81. The van der Waals surface area contributed by atoms with Crippen molar-refractivity contribution >= 4 is 23.3 Å². The van der Waals surface area contributed by atoms with Crippen molar-refractivity contribution in [2.75, 3.05) is 38.8 Å². The van der Waals surface area contributed by atoms with Gasteiger partial charge < -0.3 is 24.8 Å². The molecule has 0 spiro atoms. The molecule has 0 fully saturated rings. The molecule has 2 N–H and O–H groups in total. The van der Waals surface area contributed by atoms with Crippen LogP contribution in [0.3, 0.4) is 0 Å². The van der Waals surface area contributed by atoms with Gasteiger partial charge in [-0.3, -0.25) is 0 Å². The summed E-state index contributed by atoms with van der Waals surface area (Å²) in [6, 6.07) is 14.3. The van der Waals surface area contributed by atoms with Gasteiger partial charge in [-0.15, -0.1) is 0 Å². The molecule has 0 unspecified atom stereocenters. The highest BCUT2D eigenvalue weighted by atomic mass is 35.5. The van der Waals surface area contributed by atoms with Crippen molar-refractivity contribution in [3.05, 3.63) is 59.1 Å². The Kier molecular flexibility index (Phi) is 8.75. The second-order valence-electron chi connectivity index (χ2n) is 5.43. The maximum Gasteiger partial charge on any atom is 0.319 e. The number of nitrogens with one attached hydrogen (secondary N) is 2. The average Bonchev–Trinajstić information content (AvgIpc) is 2.64. The Morgan fingerprint density at radius 3 is 2.65 bits per heavy atom. The molecule has 0 saturated heterocycles. The number of carbonyl (C=O) groups excluding carboxylic acids is 1. The maximum atomic E-state index is 11.9. The second-order valence-corrected chi connectivity index (χ2v) is 5.87. The number of urea groups is 1. The summed E-state index contributed by atoms with van der Waals surface area (Å²) < 4.78 is 15.9. The van der Waals surface area contributed by atoms with Gasteiger partial charge in [0.1, 0.15) is 12.4 Å². The molecule has 26 heavy (non-hydrogen) atoms. The lowest BCUT2D eigenvalue weighted by molar-refractivity contribution is 0.0617. The normalized spacial score (nSPS) is 10.4. The van der Waals surface area contributed by atoms with E-state index in [1.165, 1.54) is 0 Å². The molecule has 0 aliphatic carbocycles. The summed E-state index contributed by atoms with van der Waals surface area (Å²) in [6.45, 7) is 2.30. The fraction of sp³-hybridized carbons (Fsp3) is 0.316. The lowest BCUT2D eigenvalue weighted by atomic mass is 10.2. The van der Waals surface area contributed by atoms with Gasteiger partial charge in [0.2, 0.25) is 0 Å². The predicted molar refractivity (Wildman–Crippen MR) is 102 cm³/mol. The minimum atomic E-state index is -0.290. The second kappa shape index (κ2) is 11.4. The van der Waals surface area contributed by atoms with Crippen molar-refractivity contribution < 1.29 is 19.0 Å². The largest absolute Gasteiger partial charge is 0.492 e. The van der Waals surface area contributed by atoms with E-state index < -0.39 is 0 Å². The van der Waals surface area contributed by atoms with Crippen molar-refractivity contribution in [3.8, 4) is 5.75 Å².